The number of rotatable bonds is 5. The first kappa shape index (κ1) is 16.3. The van der Waals surface area contributed by atoms with Crippen LogP contribution in [0.25, 0.3) is 0 Å². The largest absolute Gasteiger partial charge is 0.397 e. The van der Waals surface area contributed by atoms with Crippen LogP contribution in [0.4, 0.5) is 0 Å². The van der Waals surface area contributed by atoms with Crippen molar-refractivity contribution in [3.05, 3.63) is 24.4 Å². The average molecular weight is 225 g/mol. The third kappa shape index (κ3) is 8.49. The van der Waals surface area contributed by atoms with Crippen molar-refractivity contribution in [2.75, 3.05) is 0 Å². The molecular formula is C10H19N5O. The van der Waals surface area contributed by atoms with Crippen molar-refractivity contribution in [1.82, 2.24) is 0 Å². The number of nitrogens with two attached hydrogens (primary N) is 3. The number of hydrogen-bond donors (Lipinski definition) is 4. The molecule has 90 valence electrons. The summed E-state index contributed by atoms with van der Waals surface area (Å²) in [6, 6.07) is 0. The van der Waals surface area contributed by atoms with Gasteiger partial charge in [0.25, 0.3) is 5.91 Å². The standard InChI is InChI=1S/C6H11N5O.C4H8/c7-3-1-2-4(8)5(11-10)6(9)12;1-3-4-2/h2-3,7H,1,8,10H2,(H2,9,12);3H,1,4H2,2H3/b4-2-,7-3?,11-5+;. The van der Waals surface area contributed by atoms with Crippen molar-refractivity contribution in [3.63, 3.8) is 0 Å². The lowest BCUT2D eigenvalue weighted by Crippen LogP contribution is -2.29. The van der Waals surface area contributed by atoms with Gasteiger partial charge < -0.3 is 22.7 Å². The fourth-order valence-electron chi connectivity index (χ4n) is 0.563. The zero-order chi connectivity index (χ0) is 13.0. The molecule has 7 N–H and O–H groups in total. The monoisotopic (exact) mass is 225 g/mol. The maximum absolute atomic E-state index is 10.6. The van der Waals surface area contributed by atoms with Gasteiger partial charge in [-0.3, -0.25) is 4.79 Å². The number of carbonyl (C=O) groups is 1. The number of hydrogen-bond acceptors (Lipinski definition) is 5. The van der Waals surface area contributed by atoms with Gasteiger partial charge >= 0.3 is 0 Å². The molecule has 0 bridgehead atoms. The molecule has 0 unspecified atom stereocenters. The third-order valence-corrected chi connectivity index (χ3v) is 1.38. The summed E-state index contributed by atoms with van der Waals surface area (Å²) in [7, 11) is 0. The molecule has 6 nitrogen and oxygen atoms in total. The summed E-state index contributed by atoms with van der Waals surface area (Å²) in [6.07, 6.45) is 5.84. The van der Waals surface area contributed by atoms with Crippen molar-refractivity contribution in [2.45, 2.75) is 19.8 Å². The van der Waals surface area contributed by atoms with Crippen LogP contribution in [-0.2, 0) is 4.79 Å². The summed E-state index contributed by atoms with van der Waals surface area (Å²) in [6.45, 7) is 5.54. The Morgan fingerprint density at radius 2 is 2.00 bits per heavy atom. The zero-order valence-corrected chi connectivity index (χ0v) is 9.44. The van der Waals surface area contributed by atoms with E-state index in [0.717, 1.165) is 12.6 Å². The molecule has 0 atom stereocenters. The molecule has 0 aliphatic rings. The molecule has 0 saturated heterocycles. The summed E-state index contributed by atoms with van der Waals surface area (Å²) in [4.78, 5) is 10.6. The molecule has 0 spiro atoms. The molecule has 0 aliphatic heterocycles. The van der Waals surface area contributed by atoms with E-state index in [1.165, 1.54) is 6.08 Å². The quantitative estimate of drug-likeness (QED) is 0.231. The van der Waals surface area contributed by atoms with E-state index in [2.05, 4.69) is 18.6 Å². The Morgan fingerprint density at radius 3 is 2.25 bits per heavy atom. The SMILES string of the molecule is C=CCC.N=CC/C=C(N)/C(=N\N)C(N)=O. The van der Waals surface area contributed by atoms with E-state index in [9.17, 15) is 4.79 Å². The first-order valence-electron chi connectivity index (χ1n) is 4.68. The minimum atomic E-state index is -0.781. The topological polar surface area (TPSA) is 131 Å². The van der Waals surface area contributed by atoms with E-state index in [1.54, 1.807) is 0 Å². The molecular weight excluding hydrogens is 206 g/mol. The first-order chi connectivity index (χ1) is 7.54. The molecule has 0 aromatic heterocycles. The molecule has 1 amide bonds. The van der Waals surface area contributed by atoms with E-state index in [1.807, 2.05) is 6.08 Å². The van der Waals surface area contributed by atoms with Gasteiger partial charge in [0.1, 0.15) is 0 Å². The minimum absolute atomic E-state index is 0.0912. The molecule has 6 heteroatoms. The van der Waals surface area contributed by atoms with E-state index in [-0.39, 0.29) is 11.4 Å². The Balaban J connectivity index is 0. The molecule has 0 aromatic carbocycles. The molecule has 0 aliphatic carbocycles. The second kappa shape index (κ2) is 11.0. The first-order valence-corrected chi connectivity index (χ1v) is 4.68. The normalized spacial score (nSPS) is 11.1. The molecule has 0 aromatic rings. The van der Waals surface area contributed by atoms with E-state index in [4.69, 9.17) is 22.7 Å². The van der Waals surface area contributed by atoms with Crippen LogP contribution >= 0.6 is 0 Å². The molecule has 0 saturated carbocycles. The van der Waals surface area contributed by atoms with E-state index < -0.39 is 5.91 Å². The van der Waals surface area contributed by atoms with Crippen LogP contribution in [0.15, 0.2) is 29.5 Å². The summed E-state index contributed by atoms with van der Waals surface area (Å²) in [5.41, 5.74) is 10.2. The summed E-state index contributed by atoms with van der Waals surface area (Å²) in [5.74, 6) is 4.07. The second-order valence-electron chi connectivity index (χ2n) is 2.64. The number of allylic oxidation sites excluding steroid dienone is 2. The lowest BCUT2D eigenvalue weighted by Gasteiger charge is -1.98. The van der Waals surface area contributed by atoms with Crippen LogP contribution < -0.4 is 17.3 Å². The molecule has 0 rings (SSSR count). The molecule has 16 heavy (non-hydrogen) atoms. The minimum Gasteiger partial charge on any atom is -0.397 e. The van der Waals surface area contributed by atoms with Crippen LogP contribution in [0.3, 0.4) is 0 Å². The van der Waals surface area contributed by atoms with Crippen LogP contribution in [-0.4, -0.2) is 17.8 Å². The maximum atomic E-state index is 10.6. The van der Waals surface area contributed by atoms with Gasteiger partial charge in [0.05, 0.1) is 5.70 Å². The molecule has 0 radical (unpaired) electrons. The van der Waals surface area contributed by atoms with E-state index in [0.29, 0.717) is 6.42 Å². The van der Waals surface area contributed by atoms with Crippen LogP contribution in [0.5, 0.6) is 0 Å². The van der Waals surface area contributed by atoms with Crippen molar-refractivity contribution in [2.24, 2.45) is 22.4 Å². The Kier molecular flexibility index (Phi) is 11.2. The summed E-state index contributed by atoms with van der Waals surface area (Å²) < 4.78 is 0. The summed E-state index contributed by atoms with van der Waals surface area (Å²) >= 11 is 0. The van der Waals surface area contributed by atoms with Gasteiger partial charge in [0.2, 0.25) is 0 Å². The van der Waals surface area contributed by atoms with Gasteiger partial charge in [-0.15, -0.1) is 6.58 Å². The second-order valence-corrected chi connectivity index (χ2v) is 2.64. The van der Waals surface area contributed by atoms with Gasteiger partial charge in [-0.25, -0.2) is 0 Å². The van der Waals surface area contributed by atoms with Crippen molar-refractivity contribution >= 4 is 17.8 Å². The van der Waals surface area contributed by atoms with E-state index >= 15 is 0 Å². The van der Waals surface area contributed by atoms with Crippen molar-refractivity contribution in [1.29, 1.82) is 5.41 Å². The third-order valence-electron chi connectivity index (χ3n) is 1.38. The highest BCUT2D eigenvalue weighted by Gasteiger charge is 2.08. The Hall–Kier alpha value is -2.11. The van der Waals surface area contributed by atoms with Crippen molar-refractivity contribution < 1.29 is 4.79 Å². The smallest absolute Gasteiger partial charge is 0.271 e. The summed E-state index contributed by atoms with van der Waals surface area (Å²) in [5, 5.41) is 9.80. The molecule has 0 fully saturated rings. The van der Waals surface area contributed by atoms with Crippen molar-refractivity contribution in [3.8, 4) is 0 Å². The van der Waals surface area contributed by atoms with Gasteiger partial charge in [-0.2, -0.15) is 5.10 Å². The average Bonchev–Trinajstić information content (AvgIpc) is 2.27. The Bertz CT molecular complexity index is 294. The van der Waals surface area contributed by atoms with Crippen LogP contribution in [0.2, 0.25) is 0 Å². The predicted molar refractivity (Wildman–Crippen MR) is 67.0 cm³/mol. The number of carbonyl (C=O) groups excluding carboxylic acids is 1. The Morgan fingerprint density at radius 1 is 1.50 bits per heavy atom. The number of primary amides is 1. The highest BCUT2D eigenvalue weighted by Crippen LogP contribution is 1.90. The lowest BCUT2D eigenvalue weighted by atomic mass is 10.2. The number of nitrogens with one attached hydrogen (secondary N) is 1. The fraction of sp³-hybridized carbons (Fsp3) is 0.300. The van der Waals surface area contributed by atoms with Crippen LogP contribution in [0, 0.1) is 5.41 Å². The highest BCUT2D eigenvalue weighted by molar-refractivity contribution is 6.44. The lowest BCUT2D eigenvalue weighted by molar-refractivity contribution is -0.111. The van der Waals surface area contributed by atoms with Gasteiger partial charge in [-0.1, -0.05) is 19.1 Å². The van der Waals surface area contributed by atoms with Gasteiger partial charge in [-0.05, 0) is 12.6 Å². The number of hydrazone groups is 1. The fourth-order valence-corrected chi connectivity index (χ4v) is 0.563. The Labute approximate surface area is 95.4 Å². The highest BCUT2D eigenvalue weighted by atomic mass is 16.1. The van der Waals surface area contributed by atoms with Crippen LogP contribution in [0.1, 0.15) is 19.8 Å². The van der Waals surface area contributed by atoms with Gasteiger partial charge in [0, 0.05) is 6.42 Å². The molecule has 0 heterocycles. The maximum Gasteiger partial charge on any atom is 0.271 e. The number of nitrogens with zero attached hydrogens (tertiary/aromatic N) is 1. The number of amides is 1. The predicted octanol–water partition coefficient (Wildman–Crippen LogP) is 0.251. The van der Waals surface area contributed by atoms with Gasteiger partial charge in [0.15, 0.2) is 5.71 Å². The zero-order valence-electron chi connectivity index (χ0n) is 9.44.